The normalized spacial score (nSPS) is 16.3. The van der Waals surface area contributed by atoms with Crippen molar-refractivity contribution in [3.63, 3.8) is 0 Å². The number of amides is 1. The van der Waals surface area contributed by atoms with E-state index < -0.39 is 5.56 Å². The van der Waals surface area contributed by atoms with Gasteiger partial charge in [-0.1, -0.05) is 23.7 Å². The largest absolute Gasteiger partial charge is 0.334 e. The number of aromatic amines is 1. The minimum atomic E-state index is -0.541. The summed E-state index contributed by atoms with van der Waals surface area (Å²) in [6.45, 7) is 0.594. The van der Waals surface area contributed by atoms with E-state index >= 15 is 0 Å². The molecule has 0 aliphatic carbocycles. The molecule has 1 unspecified atom stereocenters. The molecule has 1 aromatic heterocycles. The lowest BCUT2D eigenvalue weighted by Crippen LogP contribution is -2.40. The molecule has 3 aromatic rings. The van der Waals surface area contributed by atoms with Gasteiger partial charge in [-0.25, -0.2) is 4.98 Å². The Balaban J connectivity index is 1.63. The molecule has 28 heavy (non-hydrogen) atoms. The van der Waals surface area contributed by atoms with Crippen LogP contribution in [0.25, 0.3) is 11.0 Å². The van der Waals surface area contributed by atoms with Crippen molar-refractivity contribution in [3.05, 3.63) is 74.7 Å². The molecule has 1 amide bonds. The Kier molecular flexibility index (Phi) is 4.84. The second-order valence-electron chi connectivity index (χ2n) is 6.89. The molecule has 2 heterocycles. The Morgan fingerprint density at radius 3 is 2.96 bits per heavy atom. The highest BCUT2D eigenvalue weighted by molar-refractivity contribution is 6.30. The van der Waals surface area contributed by atoms with Gasteiger partial charge in [0.25, 0.3) is 11.5 Å². The van der Waals surface area contributed by atoms with Crippen LogP contribution in [-0.2, 0) is 6.42 Å². The number of nitrogens with one attached hydrogen (secondary N) is 1. The molecular formula is C21H17ClN4O2. The molecule has 4 rings (SSSR count). The number of fused-ring (bicyclic) bond motifs is 1. The number of carbonyl (C=O) groups is 1. The molecule has 7 heteroatoms. The van der Waals surface area contributed by atoms with Crippen LogP contribution >= 0.6 is 11.6 Å². The van der Waals surface area contributed by atoms with E-state index in [2.05, 4.69) is 9.97 Å². The van der Waals surface area contributed by atoms with Gasteiger partial charge in [0.2, 0.25) is 0 Å². The van der Waals surface area contributed by atoms with Crippen LogP contribution < -0.4 is 5.56 Å². The molecule has 1 N–H and O–H groups in total. The summed E-state index contributed by atoms with van der Waals surface area (Å²) in [6.07, 6.45) is 2.44. The van der Waals surface area contributed by atoms with Gasteiger partial charge in [0.05, 0.1) is 22.7 Å². The molecule has 140 valence electrons. The third-order valence-corrected chi connectivity index (χ3v) is 5.26. The van der Waals surface area contributed by atoms with Gasteiger partial charge in [0, 0.05) is 17.6 Å². The number of hydrogen-bond donors (Lipinski definition) is 1. The average molecular weight is 393 g/mol. The number of nitrogens with zero attached hydrogens (tertiary/aromatic N) is 3. The SMILES string of the molecule is N#Cc1ccc2nc(C(=O)N3CCCC3Cc3cccc(Cl)c3)c(=O)[nH]c2c1. The van der Waals surface area contributed by atoms with Crippen molar-refractivity contribution < 1.29 is 4.79 Å². The fraction of sp³-hybridized carbons (Fsp3) is 0.238. The molecule has 0 spiro atoms. The van der Waals surface area contributed by atoms with E-state index in [1.54, 1.807) is 23.1 Å². The third-order valence-electron chi connectivity index (χ3n) is 5.02. The second-order valence-corrected chi connectivity index (χ2v) is 7.32. The third kappa shape index (κ3) is 3.49. The summed E-state index contributed by atoms with van der Waals surface area (Å²) in [6, 6.07) is 14.4. The molecular weight excluding hydrogens is 376 g/mol. The van der Waals surface area contributed by atoms with Gasteiger partial charge < -0.3 is 9.88 Å². The first-order valence-corrected chi connectivity index (χ1v) is 9.42. The van der Waals surface area contributed by atoms with Crippen LogP contribution in [0, 0.1) is 11.3 Å². The first kappa shape index (κ1) is 18.2. The number of aromatic nitrogens is 2. The van der Waals surface area contributed by atoms with Crippen LogP contribution in [0.15, 0.2) is 47.3 Å². The summed E-state index contributed by atoms with van der Waals surface area (Å²) >= 11 is 6.07. The van der Waals surface area contributed by atoms with Crippen molar-refractivity contribution in [2.24, 2.45) is 0 Å². The standard InChI is InChI=1S/C21H17ClN4O2/c22-15-4-1-3-13(9-15)10-16-5-2-8-26(16)21(28)19-20(27)25-18-11-14(12-23)6-7-17(18)24-19/h1,3-4,6-7,9,11,16H,2,5,8,10H2,(H,25,27). The van der Waals surface area contributed by atoms with Gasteiger partial charge >= 0.3 is 0 Å². The molecule has 1 aliphatic rings. The zero-order chi connectivity index (χ0) is 19.7. The highest BCUT2D eigenvalue weighted by atomic mass is 35.5. The predicted molar refractivity (Wildman–Crippen MR) is 106 cm³/mol. The fourth-order valence-corrected chi connectivity index (χ4v) is 3.90. The van der Waals surface area contributed by atoms with Crippen LogP contribution in [0.2, 0.25) is 5.02 Å². The number of halogens is 1. The van der Waals surface area contributed by atoms with Crippen LogP contribution in [0.1, 0.15) is 34.5 Å². The summed E-state index contributed by atoms with van der Waals surface area (Å²) in [4.78, 5) is 34.2. The number of rotatable bonds is 3. The number of benzene rings is 2. The minimum Gasteiger partial charge on any atom is -0.334 e. The van der Waals surface area contributed by atoms with E-state index in [0.29, 0.717) is 34.6 Å². The van der Waals surface area contributed by atoms with Gasteiger partial charge in [-0.05, 0) is 55.2 Å². The molecule has 0 radical (unpaired) electrons. The average Bonchev–Trinajstić information content (AvgIpc) is 3.14. The molecule has 2 aromatic carbocycles. The van der Waals surface area contributed by atoms with Crippen LogP contribution in [-0.4, -0.2) is 33.4 Å². The summed E-state index contributed by atoms with van der Waals surface area (Å²) in [5.41, 5.74) is 1.74. The number of H-pyrrole nitrogens is 1. The predicted octanol–water partition coefficient (Wildman–Crippen LogP) is 3.30. The highest BCUT2D eigenvalue weighted by Crippen LogP contribution is 2.24. The van der Waals surface area contributed by atoms with Crippen LogP contribution in [0.5, 0.6) is 0 Å². The quantitative estimate of drug-likeness (QED) is 0.740. The maximum Gasteiger partial charge on any atom is 0.280 e. The second kappa shape index (κ2) is 7.45. The molecule has 1 saturated heterocycles. The van der Waals surface area contributed by atoms with Gasteiger partial charge in [-0.3, -0.25) is 9.59 Å². The zero-order valence-corrected chi connectivity index (χ0v) is 15.7. The molecule has 1 aliphatic heterocycles. The lowest BCUT2D eigenvalue weighted by Gasteiger charge is -2.24. The molecule has 0 saturated carbocycles. The van der Waals surface area contributed by atoms with E-state index in [0.717, 1.165) is 18.4 Å². The first-order valence-electron chi connectivity index (χ1n) is 9.05. The fourth-order valence-electron chi connectivity index (χ4n) is 3.69. The maximum atomic E-state index is 13.1. The number of nitriles is 1. The maximum absolute atomic E-state index is 13.1. The Morgan fingerprint density at radius 2 is 2.18 bits per heavy atom. The number of likely N-dealkylation sites (tertiary alicyclic amines) is 1. The minimum absolute atomic E-state index is 0.00354. The zero-order valence-electron chi connectivity index (χ0n) is 15.0. The summed E-state index contributed by atoms with van der Waals surface area (Å²) < 4.78 is 0. The summed E-state index contributed by atoms with van der Waals surface area (Å²) in [5.74, 6) is -0.364. The van der Waals surface area contributed by atoms with Crippen molar-refractivity contribution >= 4 is 28.5 Å². The van der Waals surface area contributed by atoms with Crippen molar-refractivity contribution in [2.75, 3.05) is 6.54 Å². The summed E-state index contributed by atoms with van der Waals surface area (Å²) in [5, 5.41) is 9.65. The van der Waals surface area contributed by atoms with Crippen LogP contribution in [0.3, 0.4) is 0 Å². The van der Waals surface area contributed by atoms with E-state index in [-0.39, 0.29) is 17.6 Å². The van der Waals surface area contributed by atoms with E-state index in [4.69, 9.17) is 16.9 Å². The van der Waals surface area contributed by atoms with Gasteiger partial charge in [0.15, 0.2) is 5.69 Å². The Labute approximate surface area is 166 Å². The molecule has 0 bridgehead atoms. The topological polar surface area (TPSA) is 89.8 Å². The van der Waals surface area contributed by atoms with Gasteiger partial charge in [-0.2, -0.15) is 5.26 Å². The Hall–Kier alpha value is -3.17. The van der Waals surface area contributed by atoms with E-state index in [9.17, 15) is 9.59 Å². The lowest BCUT2D eigenvalue weighted by atomic mass is 10.0. The Morgan fingerprint density at radius 1 is 1.32 bits per heavy atom. The molecule has 1 fully saturated rings. The van der Waals surface area contributed by atoms with Crippen molar-refractivity contribution in [1.29, 1.82) is 5.26 Å². The van der Waals surface area contributed by atoms with Crippen LogP contribution in [0.4, 0.5) is 0 Å². The number of carbonyl (C=O) groups excluding carboxylic acids is 1. The van der Waals surface area contributed by atoms with Gasteiger partial charge in [0.1, 0.15) is 0 Å². The van der Waals surface area contributed by atoms with E-state index in [1.165, 1.54) is 0 Å². The molecule has 6 nitrogen and oxygen atoms in total. The van der Waals surface area contributed by atoms with Crippen molar-refractivity contribution in [2.45, 2.75) is 25.3 Å². The highest BCUT2D eigenvalue weighted by Gasteiger charge is 2.31. The first-order chi connectivity index (χ1) is 13.5. The smallest absolute Gasteiger partial charge is 0.280 e. The number of hydrogen-bond acceptors (Lipinski definition) is 4. The van der Waals surface area contributed by atoms with Crippen molar-refractivity contribution in [3.8, 4) is 6.07 Å². The van der Waals surface area contributed by atoms with Crippen molar-refractivity contribution in [1.82, 2.24) is 14.9 Å². The van der Waals surface area contributed by atoms with E-state index in [1.807, 2.05) is 30.3 Å². The lowest BCUT2D eigenvalue weighted by molar-refractivity contribution is 0.0729. The monoisotopic (exact) mass is 392 g/mol. The Bertz CT molecular complexity index is 1170. The van der Waals surface area contributed by atoms with Gasteiger partial charge in [-0.15, -0.1) is 0 Å². The molecule has 1 atom stereocenters. The summed E-state index contributed by atoms with van der Waals surface area (Å²) in [7, 11) is 0.